The molecule has 2 aromatic heterocycles. The minimum absolute atomic E-state index is 0.118. The predicted octanol–water partition coefficient (Wildman–Crippen LogP) is 5.02. The van der Waals surface area contributed by atoms with E-state index >= 15 is 0 Å². The number of piperazine rings is 1. The van der Waals surface area contributed by atoms with Gasteiger partial charge in [0.15, 0.2) is 0 Å². The predicted molar refractivity (Wildman–Crippen MR) is 160 cm³/mol. The van der Waals surface area contributed by atoms with Crippen LogP contribution in [0, 0.1) is 13.8 Å². The van der Waals surface area contributed by atoms with Gasteiger partial charge in [-0.15, -0.1) is 0 Å². The van der Waals surface area contributed by atoms with Gasteiger partial charge in [-0.05, 0) is 37.6 Å². The van der Waals surface area contributed by atoms with Crippen LogP contribution in [0.1, 0.15) is 23.2 Å². The number of benzene rings is 2. The molecule has 0 aliphatic carbocycles. The van der Waals surface area contributed by atoms with Crippen molar-refractivity contribution in [3.63, 3.8) is 0 Å². The number of aryl methyl sites for hydroxylation is 2. The van der Waals surface area contributed by atoms with Crippen LogP contribution in [-0.4, -0.2) is 62.0 Å². The van der Waals surface area contributed by atoms with Gasteiger partial charge in [0.2, 0.25) is 11.9 Å². The number of anilines is 2. The lowest BCUT2D eigenvalue weighted by molar-refractivity contribution is -0.121. The SMILES string of the molecule is Cc1ccc(CNC(=O)CC2CN(C(=O)Nc3ccc(Cl)c(Cl)c3)CCN2c2cc(C)nc(-n3ccnc3)n2)cc1. The number of hydrogen-bond donors (Lipinski definition) is 2. The van der Waals surface area contributed by atoms with Gasteiger partial charge in [-0.2, -0.15) is 4.98 Å². The second-order valence-electron chi connectivity index (χ2n) is 9.96. The van der Waals surface area contributed by atoms with E-state index in [0.29, 0.717) is 53.7 Å². The normalized spacial score (nSPS) is 15.1. The fourth-order valence-corrected chi connectivity index (χ4v) is 4.96. The van der Waals surface area contributed by atoms with Crippen molar-refractivity contribution in [1.29, 1.82) is 0 Å². The smallest absolute Gasteiger partial charge is 0.321 e. The number of carbonyl (C=O) groups excluding carboxylic acids is 2. The Morgan fingerprint density at radius 3 is 2.54 bits per heavy atom. The maximum Gasteiger partial charge on any atom is 0.321 e. The summed E-state index contributed by atoms with van der Waals surface area (Å²) in [4.78, 5) is 43.6. The molecule has 1 atom stereocenters. The lowest BCUT2D eigenvalue weighted by Gasteiger charge is -2.42. The maximum absolute atomic E-state index is 13.2. The van der Waals surface area contributed by atoms with E-state index in [1.807, 2.05) is 44.2 Å². The third kappa shape index (κ3) is 7.14. The second-order valence-corrected chi connectivity index (χ2v) is 10.8. The van der Waals surface area contributed by atoms with E-state index in [9.17, 15) is 9.59 Å². The topological polar surface area (TPSA) is 108 Å². The molecule has 2 N–H and O–H groups in total. The van der Waals surface area contributed by atoms with E-state index in [1.54, 1.807) is 46.4 Å². The van der Waals surface area contributed by atoms with Gasteiger partial charge in [0.25, 0.3) is 0 Å². The van der Waals surface area contributed by atoms with Crippen LogP contribution in [0.15, 0.2) is 67.3 Å². The summed E-state index contributed by atoms with van der Waals surface area (Å²) < 4.78 is 1.74. The van der Waals surface area contributed by atoms with Gasteiger partial charge >= 0.3 is 6.03 Å². The summed E-state index contributed by atoms with van der Waals surface area (Å²) in [6, 6.07) is 14.2. The number of nitrogens with zero attached hydrogens (tertiary/aromatic N) is 6. The van der Waals surface area contributed by atoms with Crippen molar-refractivity contribution in [3.05, 3.63) is 94.1 Å². The third-order valence-corrected chi connectivity index (χ3v) is 7.57. The maximum atomic E-state index is 13.2. The molecule has 3 heterocycles. The van der Waals surface area contributed by atoms with Crippen LogP contribution >= 0.6 is 23.2 Å². The first-order valence-corrected chi connectivity index (χ1v) is 13.9. The van der Waals surface area contributed by atoms with E-state index in [0.717, 1.165) is 16.8 Å². The van der Waals surface area contributed by atoms with Crippen LogP contribution < -0.4 is 15.5 Å². The molecule has 1 aliphatic heterocycles. The van der Waals surface area contributed by atoms with Gasteiger partial charge < -0.3 is 20.4 Å². The molecule has 4 aromatic rings. The molecular formula is C29H30Cl2N8O2. The number of aromatic nitrogens is 4. The largest absolute Gasteiger partial charge is 0.352 e. The van der Waals surface area contributed by atoms with Gasteiger partial charge in [-0.3, -0.25) is 9.36 Å². The highest BCUT2D eigenvalue weighted by molar-refractivity contribution is 6.42. The fourth-order valence-electron chi connectivity index (χ4n) is 4.66. The molecule has 1 saturated heterocycles. The van der Waals surface area contributed by atoms with Crippen LogP contribution in [0.4, 0.5) is 16.3 Å². The Morgan fingerprint density at radius 2 is 1.80 bits per heavy atom. The van der Waals surface area contributed by atoms with Crippen molar-refractivity contribution >= 4 is 46.6 Å². The average Bonchev–Trinajstić information content (AvgIpc) is 3.50. The molecule has 0 saturated carbocycles. The molecule has 0 bridgehead atoms. The Hall–Kier alpha value is -4.15. The highest BCUT2D eigenvalue weighted by Gasteiger charge is 2.32. The molecule has 1 unspecified atom stereocenters. The van der Waals surface area contributed by atoms with E-state index < -0.39 is 0 Å². The summed E-state index contributed by atoms with van der Waals surface area (Å²) in [7, 11) is 0. The number of halogens is 2. The Labute approximate surface area is 248 Å². The highest BCUT2D eigenvalue weighted by Crippen LogP contribution is 2.26. The number of rotatable bonds is 7. The summed E-state index contributed by atoms with van der Waals surface area (Å²) in [6.07, 6.45) is 5.25. The zero-order valence-electron chi connectivity index (χ0n) is 22.7. The van der Waals surface area contributed by atoms with Crippen LogP contribution in [0.5, 0.6) is 0 Å². The second kappa shape index (κ2) is 12.6. The summed E-state index contributed by atoms with van der Waals surface area (Å²) in [5.41, 5.74) is 3.49. The van der Waals surface area contributed by atoms with Gasteiger partial charge in [0.05, 0.1) is 16.1 Å². The quantitative estimate of drug-likeness (QED) is 0.312. The van der Waals surface area contributed by atoms with Crippen molar-refractivity contribution in [3.8, 4) is 5.95 Å². The highest BCUT2D eigenvalue weighted by atomic mass is 35.5. The molecule has 5 rings (SSSR count). The number of imidazole rings is 1. The lowest BCUT2D eigenvalue weighted by atomic mass is 10.1. The molecule has 3 amide bonds. The van der Waals surface area contributed by atoms with Crippen molar-refractivity contribution in [1.82, 2.24) is 29.7 Å². The van der Waals surface area contributed by atoms with Crippen molar-refractivity contribution in [2.75, 3.05) is 29.9 Å². The lowest BCUT2D eigenvalue weighted by Crippen LogP contribution is -2.57. The number of amides is 3. The van der Waals surface area contributed by atoms with Crippen molar-refractivity contribution in [2.24, 2.45) is 0 Å². The molecule has 2 aromatic carbocycles. The third-order valence-electron chi connectivity index (χ3n) is 6.83. The van der Waals surface area contributed by atoms with Crippen molar-refractivity contribution < 1.29 is 9.59 Å². The minimum Gasteiger partial charge on any atom is -0.352 e. The summed E-state index contributed by atoms with van der Waals surface area (Å²) in [5, 5.41) is 6.67. The number of carbonyl (C=O) groups is 2. The molecule has 212 valence electrons. The first-order chi connectivity index (χ1) is 19.7. The van der Waals surface area contributed by atoms with Gasteiger partial charge in [-0.1, -0.05) is 53.0 Å². The van der Waals surface area contributed by atoms with E-state index in [-0.39, 0.29) is 24.4 Å². The van der Waals surface area contributed by atoms with Crippen LogP contribution in [0.25, 0.3) is 5.95 Å². The first-order valence-electron chi connectivity index (χ1n) is 13.2. The number of urea groups is 1. The summed E-state index contributed by atoms with van der Waals surface area (Å²) in [5.74, 6) is 1.05. The van der Waals surface area contributed by atoms with Crippen molar-refractivity contribution in [2.45, 2.75) is 32.9 Å². The Balaban J connectivity index is 1.34. The Morgan fingerprint density at radius 1 is 1.00 bits per heavy atom. The van der Waals surface area contributed by atoms with E-state index in [4.69, 9.17) is 28.2 Å². The number of nitrogens with one attached hydrogen (secondary N) is 2. The summed E-state index contributed by atoms with van der Waals surface area (Å²) in [6.45, 7) is 5.56. The zero-order valence-corrected chi connectivity index (χ0v) is 24.2. The minimum atomic E-state index is -0.328. The van der Waals surface area contributed by atoms with E-state index in [2.05, 4.69) is 25.5 Å². The molecule has 10 nitrogen and oxygen atoms in total. The Bertz CT molecular complexity index is 1530. The van der Waals surface area contributed by atoms with Crippen LogP contribution in [0.3, 0.4) is 0 Å². The van der Waals surface area contributed by atoms with Gasteiger partial charge in [0, 0.05) is 62.4 Å². The first kappa shape index (κ1) is 28.4. The fraction of sp³-hybridized carbons (Fsp3) is 0.276. The Kier molecular flexibility index (Phi) is 8.70. The molecule has 0 radical (unpaired) electrons. The van der Waals surface area contributed by atoms with E-state index in [1.165, 1.54) is 0 Å². The molecule has 1 aliphatic rings. The molecular weight excluding hydrogens is 563 g/mol. The van der Waals surface area contributed by atoms with Crippen LogP contribution in [0.2, 0.25) is 10.0 Å². The number of hydrogen-bond acceptors (Lipinski definition) is 6. The molecule has 1 fully saturated rings. The average molecular weight is 594 g/mol. The zero-order chi connectivity index (χ0) is 28.9. The van der Waals surface area contributed by atoms with Crippen LogP contribution in [-0.2, 0) is 11.3 Å². The summed E-state index contributed by atoms with van der Waals surface area (Å²) >= 11 is 12.1. The molecule has 41 heavy (non-hydrogen) atoms. The monoisotopic (exact) mass is 592 g/mol. The molecule has 0 spiro atoms. The molecule has 12 heteroatoms. The van der Waals surface area contributed by atoms with Gasteiger partial charge in [-0.25, -0.2) is 14.8 Å². The standard InChI is InChI=1S/C29H30Cl2N8O2/c1-19-3-5-21(6-4-19)16-33-27(40)15-23-17-37(29(41)35-22-7-8-24(30)25(31)14-22)11-12-39(23)26-13-20(2)34-28(36-26)38-10-9-32-18-38/h3-10,13-14,18,23H,11-12,15-17H2,1-2H3,(H,33,40)(H,35,41). The van der Waals surface area contributed by atoms with Gasteiger partial charge in [0.1, 0.15) is 12.1 Å².